The van der Waals surface area contributed by atoms with Crippen LogP contribution in [-0.2, 0) is 9.47 Å². The van der Waals surface area contributed by atoms with Crippen molar-refractivity contribution in [3.05, 3.63) is 35.9 Å². The summed E-state index contributed by atoms with van der Waals surface area (Å²) in [6.45, 7) is 4.72. The molecule has 1 aromatic carbocycles. The number of benzene rings is 1. The first-order valence-corrected chi connectivity index (χ1v) is 6.78. The molecule has 1 aromatic rings. The van der Waals surface area contributed by atoms with E-state index in [0.29, 0.717) is 0 Å². The van der Waals surface area contributed by atoms with Crippen LogP contribution >= 0.6 is 34.8 Å². The summed E-state index contributed by atoms with van der Waals surface area (Å²) in [4.78, 5) is 11.7. The summed E-state index contributed by atoms with van der Waals surface area (Å²) >= 11 is 17.2. The predicted molar refractivity (Wildman–Crippen MR) is 76.8 cm³/mol. The maximum atomic E-state index is 11.7. The average molecular weight is 326 g/mol. The number of halogens is 3. The number of hydrogen-bond acceptors (Lipinski definition) is 3. The van der Waals surface area contributed by atoms with Gasteiger partial charge in [-0.2, -0.15) is 0 Å². The highest BCUT2D eigenvalue weighted by Gasteiger charge is 2.44. The van der Waals surface area contributed by atoms with Gasteiger partial charge in [-0.15, -0.1) is 0 Å². The normalized spacial score (nSPS) is 13.8. The molecule has 106 valence electrons. The molecule has 0 spiro atoms. The Kier molecular flexibility index (Phi) is 5.36. The molecular weight excluding hydrogens is 310 g/mol. The molecule has 0 fully saturated rings. The lowest BCUT2D eigenvalue weighted by Gasteiger charge is -2.31. The molecule has 0 aliphatic carbocycles. The Morgan fingerprint density at radius 3 is 2.16 bits per heavy atom. The molecular formula is C13H15Cl3O3. The summed E-state index contributed by atoms with van der Waals surface area (Å²) in [5.41, 5.74) is -0.434. The second-order valence-corrected chi connectivity index (χ2v) is 6.81. The number of hydrogen-bond donors (Lipinski definition) is 0. The van der Waals surface area contributed by atoms with E-state index in [2.05, 4.69) is 0 Å². The van der Waals surface area contributed by atoms with Crippen molar-refractivity contribution in [3.63, 3.8) is 0 Å². The van der Waals surface area contributed by atoms with Crippen LogP contribution in [0.1, 0.15) is 32.4 Å². The molecule has 0 aliphatic rings. The third kappa shape index (κ3) is 4.75. The molecule has 0 amide bonds. The fraction of sp³-hybridized carbons (Fsp3) is 0.462. The van der Waals surface area contributed by atoms with Gasteiger partial charge < -0.3 is 9.47 Å². The van der Waals surface area contributed by atoms with E-state index in [9.17, 15) is 4.79 Å². The highest BCUT2D eigenvalue weighted by molar-refractivity contribution is 6.68. The van der Waals surface area contributed by atoms with Gasteiger partial charge >= 0.3 is 6.16 Å². The minimum atomic E-state index is -1.73. The van der Waals surface area contributed by atoms with Crippen LogP contribution in [-0.4, -0.2) is 15.5 Å². The Morgan fingerprint density at radius 2 is 1.68 bits per heavy atom. The van der Waals surface area contributed by atoms with E-state index in [1.165, 1.54) is 13.8 Å². The van der Waals surface area contributed by atoms with E-state index in [1.54, 1.807) is 6.92 Å². The van der Waals surface area contributed by atoms with E-state index < -0.39 is 21.7 Å². The molecule has 0 bridgehead atoms. The Hall–Kier alpha value is -0.640. The maximum Gasteiger partial charge on any atom is 0.509 e. The largest absolute Gasteiger partial charge is 0.509 e. The molecule has 0 aromatic heterocycles. The highest BCUT2D eigenvalue weighted by atomic mass is 35.6. The van der Waals surface area contributed by atoms with Crippen LogP contribution in [0.3, 0.4) is 0 Å². The minimum Gasteiger partial charge on any atom is -0.426 e. The number of ether oxygens (including phenoxy) is 2. The average Bonchev–Trinajstić information content (AvgIpc) is 2.27. The van der Waals surface area contributed by atoms with Gasteiger partial charge in [-0.3, -0.25) is 0 Å². The van der Waals surface area contributed by atoms with E-state index in [1.807, 2.05) is 30.3 Å². The summed E-state index contributed by atoms with van der Waals surface area (Å²) in [6, 6.07) is 9.27. The summed E-state index contributed by atoms with van der Waals surface area (Å²) in [7, 11) is 0. The Bertz CT molecular complexity index is 427. The third-order valence-corrected chi connectivity index (χ3v) is 3.93. The molecule has 3 nitrogen and oxygen atoms in total. The molecule has 0 N–H and O–H groups in total. The Morgan fingerprint density at radius 1 is 1.16 bits per heavy atom. The third-order valence-electron chi connectivity index (χ3n) is 2.56. The van der Waals surface area contributed by atoms with Gasteiger partial charge in [0.1, 0.15) is 6.10 Å². The number of carbonyl (C=O) groups excluding carboxylic acids is 1. The summed E-state index contributed by atoms with van der Waals surface area (Å²) in [5.74, 6) is 0. The van der Waals surface area contributed by atoms with Gasteiger partial charge in [-0.25, -0.2) is 4.79 Å². The van der Waals surface area contributed by atoms with Crippen LogP contribution in [0.4, 0.5) is 4.79 Å². The fourth-order valence-corrected chi connectivity index (χ4v) is 1.34. The number of alkyl halides is 3. The van der Waals surface area contributed by atoms with Crippen molar-refractivity contribution >= 4 is 41.0 Å². The lowest BCUT2D eigenvalue weighted by molar-refractivity contribution is -0.0301. The van der Waals surface area contributed by atoms with Crippen LogP contribution < -0.4 is 0 Å². The van der Waals surface area contributed by atoms with Crippen molar-refractivity contribution in [1.29, 1.82) is 0 Å². The quantitative estimate of drug-likeness (QED) is 0.576. The minimum absolute atomic E-state index is 0.445. The second-order valence-electron chi connectivity index (χ2n) is 4.53. The van der Waals surface area contributed by atoms with Crippen LogP contribution in [0, 0.1) is 0 Å². The molecule has 0 saturated heterocycles. The molecule has 0 heterocycles. The zero-order valence-electron chi connectivity index (χ0n) is 10.8. The van der Waals surface area contributed by atoms with Gasteiger partial charge in [-0.05, 0) is 26.3 Å². The summed E-state index contributed by atoms with van der Waals surface area (Å²) < 4.78 is 8.43. The molecule has 1 unspecified atom stereocenters. The fourth-order valence-electron chi connectivity index (χ4n) is 1.23. The van der Waals surface area contributed by atoms with Crippen LogP contribution in [0.5, 0.6) is 0 Å². The van der Waals surface area contributed by atoms with Crippen LogP contribution in [0.15, 0.2) is 30.3 Å². The number of rotatable bonds is 3. The predicted octanol–water partition coefficient (Wildman–Crippen LogP) is 5.05. The van der Waals surface area contributed by atoms with Crippen molar-refractivity contribution in [2.75, 3.05) is 0 Å². The molecule has 19 heavy (non-hydrogen) atoms. The topological polar surface area (TPSA) is 35.5 Å². The Labute approximate surface area is 127 Å². The lowest BCUT2D eigenvalue weighted by Crippen LogP contribution is -2.41. The summed E-state index contributed by atoms with van der Waals surface area (Å²) in [6.07, 6.45) is -1.33. The first kappa shape index (κ1) is 16.4. The van der Waals surface area contributed by atoms with E-state index in [4.69, 9.17) is 44.3 Å². The molecule has 0 radical (unpaired) electrons. The molecule has 0 aliphatic heterocycles. The first-order valence-electron chi connectivity index (χ1n) is 5.65. The lowest BCUT2D eigenvalue weighted by atomic mass is 10.1. The van der Waals surface area contributed by atoms with Crippen molar-refractivity contribution in [3.8, 4) is 0 Å². The standard InChI is InChI=1S/C13H15Cl3O3/c1-9(10-7-5-4-6-8-10)18-11(17)19-12(2,3)13(14,15)16/h4-9H,1-3H3. The smallest absolute Gasteiger partial charge is 0.426 e. The van der Waals surface area contributed by atoms with Gasteiger partial charge in [-0.1, -0.05) is 65.1 Å². The molecule has 6 heteroatoms. The van der Waals surface area contributed by atoms with Crippen molar-refractivity contribution in [2.45, 2.75) is 36.3 Å². The first-order chi connectivity index (χ1) is 8.63. The monoisotopic (exact) mass is 324 g/mol. The van der Waals surface area contributed by atoms with Crippen molar-refractivity contribution in [1.82, 2.24) is 0 Å². The van der Waals surface area contributed by atoms with Gasteiger partial charge in [0.2, 0.25) is 3.79 Å². The van der Waals surface area contributed by atoms with Crippen LogP contribution in [0.25, 0.3) is 0 Å². The van der Waals surface area contributed by atoms with E-state index in [0.717, 1.165) is 5.56 Å². The SMILES string of the molecule is CC(OC(=O)OC(C)(C)C(Cl)(Cl)Cl)c1ccccc1. The highest BCUT2D eigenvalue weighted by Crippen LogP contribution is 2.40. The van der Waals surface area contributed by atoms with E-state index >= 15 is 0 Å². The molecule has 1 atom stereocenters. The Balaban J connectivity index is 2.62. The van der Waals surface area contributed by atoms with Crippen molar-refractivity contribution in [2.24, 2.45) is 0 Å². The molecule has 0 saturated carbocycles. The maximum absolute atomic E-state index is 11.7. The van der Waals surface area contributed by atoms with E-state index in [-0.39, 0.29) is 0 Å². The van der Waals surface area contributed by atoms with Gasteiger partial charge in [0.15, 0.2) is 5.60 Å². The van der Waals surface area contributed by atoms with Gasteiger partial charge in [0.25, 0.3) is 0 Å². The van der Waals surface area contributed by atoms with Crippen LogP contribution in [0.2, 0.25) is 0 Å². The second kappa shape index (κ2) is 6.21. The summed E-state index contributed by atoms with van der Waals surface area (Å²) in [5, 5.41) is 0. The van der Waals surface area contributed by atoms with Gasteiger partial charge in [0, 0.05) is 0 Å². The zero-order valence-corrected chi connectivity index (χ0v) is 13.1. The molecule has 1 rings (SSSR count). The number of carbonyl (C=O) groups is 1. The zero-order chi connectivity index (χ0) is 14.7. The van der Waals surface area contributed by atoms with Crippen molar-refractivity contribution < 1.29 is 14.3 Å². The van der Waals surface area contributed by atoms with Gasteiger partial charge in [0.05, 0.1) is 0 Å².